The molecule has 21 heavy (non-hydrogen) atoms. The highest BCUT2D eigenvalue weighted by molar-refractivity contribution is 7.18. The van der Waals surface area contributed by atoms with Gasteiger partial charge in [0.25, 0.3) is 0 Å². The maximum atomic E-state index is 11.3. The number of benzene rings is 1. The van der Waals surface area contributed by atoms with Crippen molar-refractivity contribution in [3.8, 4) is 5.75 Å². The van der Waals surface area contributed by atoms with Crippen molar-refractivity contribution in [3.05, 3.63) is 40.8 Å². The molecular weight excluding hydrogens is 286 g/mol. The van der Waals surface area contributed by atoms with Crippen molar-refractivity contribution in [1.29, 1.82) is 0 Å². The van der Waals surface area contributed by atoms with Crippen molar-refractivity contribution in [1.82, 2.24) is 0 Å². The van der Waals surface area contributed by atoms with Gasteiger partial charge in [-0.15, -0.1) is 11.3 Å². The molecule has 1 aliphatic heterocycles. The van der Waals surface area contributed by atoms with E-state index in [0.717, 1.165) is 28.5 Å². The van der Waals surface area contributed by atoms with Gasteiger partial charge in [0, 0.05) is 0 Å². The summed E-state index contributed by atoms with van der Waals surface area (Å²) < 4.78 is 5.68. The molecule has 0 amide bonds. The minimum absolute atomic E-state index is 0.277. The summed E-state index contributed by atoms with van der Waals surface area (Å²) in [5.41, 5.74) is 2.08. The molecule has 2 aromatic rings. The van der Waals surface area contributed by atoms with Crippen LogP contribution < -0.4 is 9.64 Å². The molecule has 1 aromatic carbocycles. The third-order valence-electron chi connectivity index (χ3n) is 3.55. The van der Waals surface area contributed by atoms with Gasteiger partial charge < -0.3 is 14.7 Å². The van der Waals surface area contributed by atoms with Crippen LogP contribution in [0, 0.1) is 0 Å². The highest BCUT2D eigenvalue weighted by Gasteiger charge is 2.25. The minimum Gasteiger partial charge on any atom is -0.490 e. The van der Waals surface area contributed by atoms with Crippen LogP contribution in [0.4, 0.5) is 10.7 Å². The first kappa shape index (κ1) is 13.9. The van der Waals surface area contributed by atoms with Crippen molar-refractivity contribution in [2.75, 3.05) is 18.1 Å². The first-order valence-corrected chi connectivity index (χ1v) is 7.76. The van der Waals surface area contributed by atoms with Crippen LogP contribution >= 0.6 is 11.3 Å². The van der Waals surface area contributed by atoms with Crippen LogP contribution in [-0.2, 0) is 0 Å². The van der Waals surface area contributed by atoms with Gasteiger partial charge in [-0.25, -0.2) is 4.79 Å². The monoisotopic (exact) mass is 303 g/mol. The smallest absolute Gasteiger partial charge is 0.345 e. The Bertz CT molecular complexity index is 678. The van der Waals surface area contributed by atoms with E-state index in [4.69, 9.17) is 4.74 Å². The summed E-state index contributed by atoms with van der Waals surface area (Å²) in [4.78, 5) is 13.8. The SMILES string of the molecule is CC(C)c1cc(C(=O)O)sc1N1CCOc2ccccc21. The van der Waals surface area contributed by atoms with Gasteiger partial charge in [-0.1, -0.05) is 26.0 Å². The highest BCUT2D eigenvalue weighted by Crippen LogP contribution is 2.43. The summed E-state index contributed by atoms with van der Waals surface area (Å²) in [7, 11) is 0. The molecule has 110 valence electrons. The van der Waals surface area contributed by atoms with Crippen molar-refractivity contribution in [2.24, 2.45) is 0 Å². The first-order valence-electron chi connectivity index (χ1n) is 6.94. The fourth-order valence-electron chi connectivity index (χ4n) is 2.51. The zero-order chi connectivity index (χ0) is 15.0. The molecule has 0 aliphatic carbocycles. The number of hydrogen-bond donors (Lipinski definition) is 1. The predicted molar refractivity (Wildman–Crippen MR) is 84.3 cm³/mol. The number of carboxylic acid groups (broad SMARTS) is 1. The fourth-order valence-corrected chi connectivity index (χ4v) is 3.70. The summed E-state index contributed by atoms with van der Waals surface area (Å²) >= 11 is 1.34. The van der Waals surface area contributed by atoms with Crippen molar-refractivity contribution in [2.45, 2.75) is 19.8 Å². The van der Waals surface area contributed by atoms with E-state index < -0.39 is 5.97 Å². The Morgan fingerprint density at radius 2 is 2.14 bits per heavy atom. The molecule has 0 saturated heterocycles. The predicted octanol–water partition coefficient (Wildman–Crippen LogP) is 4.10. The van der Waals surface area contributed by atoms with Gasteiger partial charge in [-0.3, -0.25) is 0 Å². The fraction of sp³-hybridized carbons (Fsp3) is 0.312. The van der Waals surface area contributed by atoms with Crippen LogP contribution in [0.15, 0.2) is 30.3 Å². The van der Waals surface area contributed by atoms with E-state index >= 15 is 0 Å². The average molecular weight is 303 g/mol. The summed E-state index contributed by atoms with van der Waals surface area (Å²) in [5, 5.41) is 10.3. The van der Waals surface area contributed by atoms with Gasteiger partial charge >= 0.3 is 5.97 Å². The number of nitrogens with zero attached hydrogens (tertiary/aromatic N) is 1. The Hall–Kier alpha value is -2.01. The molecule has 0 spiro atoms. The van der Waals surface area contributed by atoms with Gasteiger partial charge in [-0.2, -0.15) is 0 Å². The second kappa shape index (κ2) is 5.41. The van der Waals surface area contributed by atoms with E-state index in [0.29, 0.717) is 11.5 Å². The molecule has 0 fully saturated rings. The molecule has 0 radical (unpaired) electrons. The maximum Gasteiger partial charge on any atom is 0.345 e. The quantitative estimate of drug-likeness (QED) is 0.927. The third kappa shape index (κ3) is 2.49. The van der Waals surface area contributed by atoms with Crippen molar-refractivity contribution < 1.29 is 14.6 Å². The van der Waals surface area contributed by atoms with Crippen LogP contribution in [-0.4, -0.2) is 24.2 Å². The molecule has 2 heterocycles. The number of ether oxygens (including phenoxy) is 1. The molecule has 1 N–H and O–H groups in total. The number of hydrogen-bond acceptors (Lipinski definition) is 4. The maximum absolute atomic E-state index is 11.3. The van der Waals surface area contributed by atoms with Gasteiger partial charge in [0.15, 0.2) is 0 Å². The molecule has 1 aromatic heterocycles. The van der Waals surface area contributed by atoms with Crippen molar-refractivity contribution >= 4 is 28.0 Å². The topological polar surface area (TPSA) is 49.8 Å². The summed E-state index contributed by atoms with van der Waals surface area (Å²) in [6.45, 7) is 5.51. The lowest BCUT2D eigenvalue weighted by Crippen LogP contribution is -2.28. The van der Waals surface area contributed by atoms with Gasteiger partial charge in [-0.05, 0) is 29.7 Å². The lowest BCUT2D eigenvalue weighted by Gasteiger charge is -2.31. The van der Waals surface area contributed by atoms with E-state index in [1.54, 1.807) is 6.07 Å². The Morgan fingerprint density at radius 3 is 2.86 bits per heavy atom. The Kier molecular flexibility index (Phi) is 3.59. The lowest BCUT2D eigenvalue weighted by molar-refractivity contribution is 0.0702. The number of thiophene rings is 1. The Morgan fingerprint density at radius 1 is 1.38 bits per heavy atom. The minimum atomic E-state index is -0.866. The molecule has 0 saturated carbocycles. The highest BCUT2D eigenvalue weighted by atomic mass is 32.1. The number of fused-ring (bicyclic) bond motifs is 1. The molecular formula is C16H17NO3S. The summed E-state index contributed by atoms with van der Waals surface area (Å²) in [5.74, 6) is 0.262. The number of carboxylic acids is 1. The Balaban J connectivity index is 2.11. The number of para-hydroxylation sites is 2. The van der Waals surface area contributed by atoms with E-state index in [1.807, 2.05) is 24.3 Å². The Labute approximate surface area is 127 Å². The van der Waals surface area contributed by atoms with E-state index in [9.17, 15) is 9.90 Å². The first-order chi connectivity index (χ1) is 10.1. The molecule has 0 bridgehead atoms. The van der Waals surface area contributed by atoms with Crippen LogP contribution in [0.5, 0.6) is 5.75 Å². The second-order valence-corrected chi connectivity index (χ2v) is 6.33. The van der Waals surface area contributed by atoms with Gasteiger partial charge in [0.05, 0.1) is 17.2 Å². The van der Waals surface area contributed by atoms with Crippen LogP contribution in [0.1, 0.15) is 35.0 Å². The molecule has 0 atom stereocenters. The molecule has 0 unspecified atom stereocenters. The molecule has 4 nitrogen and oxygen atoms in total. The largest absolute Gasteiger partial charge is 0.490 e. The normalized spacial score (nSPS) is 14.0. The number of rotatable bonds is 3. The van der Waals surface area contributed by atoms with Gasteiger partial charge in [0.2, 0.25) is 0 Å². The standard InChI is InChI=1S/C16H17NO3S/c1-10(2)11-9-14(16(18)19)21-15(11)17-7-8-20-13-6-4-3-5-12(13)17/h3-6,9-10H,7-8H2,1-2H3,(H,18,19). The van der Waals surface area contributed by atoms with E-state index in [1.165, 1.54) is 11.3 Å². The van der Waals surface area contributed by atoms with Crippen LogP contribution in [0.25, 0.3) is 0 Å². The summed E-state index contributed by atoms with van der Waals surface area (Å²) in [6.07, 6.45) is 0. The second-order valence-electron chi connectivity index (χ2n) is 5.30. The van der Waals surface area contributed by atoms with Crippen LogP contribution in [0.2, 0.25) is 0 Å². The van der Waals surface area contributed by atoms with E-state index in [2.05, 4.69) is 18.7 Å². The zero-order valence-corrected chi connectivity index (χ0v) is 12.8. The van der Waals surface area contributed by atoms with Gasteiger partial charge in [0.1, 0.15) is 17.2 Å². The molecule has 5 heteroatoms. The number of aromatic carboxylic acids is 1. The number of anilines is 2. The molecule has 1 aliphatic rings. The van der Waals surface area contributed by atoms with Crippen LogP contribution in [0.3, 0.4) is 0 Å². The lowest BCUT2D eigenvalue weighted by atomic mass is 10.1. The van der Waals surface area contributed by atoms with E-state index in [-0.39, 0.29) is 5.92 Å². The average Bonchev–Trinajstić information content (AvgIpc) is 2.92. The molecule has 3 rings (SSSR count). The number of carbonyl (C=O) groups is 1. The summed E-state index contributed by atoms with van der Waals surface area (Å²) in [6, 6.07) is 9.68. The third-order valence-corrected chi connectivity index (χ3v) is 4.71. The van der Waals surface area contributed by atoms with Crippen molar-refractivity contribution in [3.63, 3.8) is 0 Å². The zero-order valence-electron chi connectivity index (χ0n) is 12.0.